The van der Waals surface area contributed by atoms with Crippen molar-refractivity contribution in [2.75, 3.05) is 13.2 Å². The number of aliphatic hydroxyl groups is 4. The van der Waals surface area contributed by atoms with Gasteiger partial charge in [-0.2, -0.15) is 0 Å². The Bertz CT molecular complexity index is 889. The number of ether oxygens (including phenoxy) is 3. The number of hydrogen-bond donors (Lipinski definition) is 4. The maximum absolute atomic E-state index is 12.2. The van der Waals surface area contributed by atoms with Gasteiger partial charge in [-0.3, -0.25) is 9.59 Å². The van der Waals surface area contributed by atoms with Crippen molar-refractivity contribution in [2.24, 2.45) is 11.8 Å². The van der Waals surface area contributed by atoms with Gasteiger partial charge in [-0.25, -0.2) is 0 Å². The molecule has 50 heavy (non-hydrogen) atoms. The van der Waals surface area contributed by atoms with Crippen molar-refractivity contribution in [3.05, 3.63) is 24.3 Å². The van der Waals surface area contributed by atoms with Gasteiger partial charge in [-0.1, -0.05) is 141 Å². The number of esters is 2. The molecule has 9 heteroatoms. The highest BCUT2D eigenvalue weighted by Crippen LogP contribution is 2.29. The van der Waals surface area contributed by atoms with Gasteiger partial charge < -0.3 is 34.6 Å². The molecule has 1 saturated heterocycles. The lowest BCUT2D eigenvalue weighted by Gasteiger charge is -2.36. The molecule has 1 fully saturated rings. The van der Waals surface area contributed by atoms with Crippen LogP contribution in [-0.2, 0) is 23.8 Å². The first-order valence-electron chi connectivity index (χ1n) is 20.1. The minimum atomic E-state index is -1.05. The van der Waals surface area contributed by atoms with Crippen LogP contribution in [0.4, 0.5) is 0 Å². The maximum Gasteiger partial charge on any atom is 0.306 e. The number of rotatable bonds is 31. The summed E-state index contributed by atoms with van der Waals surface area (Å²) < 4.78 is 16.2. The zero-order chi connectivity index (χ0) is 36.8. The molecular formula is C41H74O9. The Labute approximate surface area is 304 Å². The molecule has 0 spiro atoms. The molecule has 1 unspecified atom stereocenters. The van der Waals surface area contributed by atoms with Crippen molar-refractivity contribution >= 4 is 11.9 Å². The second-order valence-corrected chi connectivity index (χ2v) is 14.7. The summed E-state index contributed by atoms with van der Waals surface area (Å²) in [4.78, 5) is 24.4. The summed E-state index contributed by atoms with van der Waals surface area (Å²) in [6.45, 7) is 6.13. The van der Waals surface area contributed by atoms with Gasteiger partial charge in [0.05, 0.1) is 24.9 Å². The number of carbonyl (C=O) groups is 2. The lowest BCUT2D eigenvalue weighted by Crippen LogP contribution is -2.43. The molecule has 0 aliphatic carbocycles. The van der Waals surface area contributed by atoms with Gasteiger partial charge in [0.15, 0.2) is 12.4 Å². The summed E-state index contributed by atoms with van der Waals surface area (Å²) in [5.74, 6) is -0.219. The van der Waals surface area contributed by atoms with E-state index in [9.17, 15) is 30.0 Å². The molecule has 1 heterocycles. The van der Waals surface area contributed by atoms with Crippen LogP contribution in [0, 0.1) is 11.8 Å². The third-order valence-electron chi connectivity index (χ3n) is 9.47. The summed E-state index contributed by atoms with van der Waals surface area (Å²) in [5, 5.41) is 40.3. The van der Waals surface area contributed by atoms with Crippen molar-refractivity contribution in [1.29, 1.82) is 0 Å². The molecule has 0 radical (unpaired) electrons. The van der Waals surface area contributed by atoms with Gasteiger partial charge in [-0.05, 0) is 38.0 Å². The van der Waals surface area contributed by atoms with Crippen molar-refractivity contribution in [1.82, 2.24) is 0 Å². The van der Waals surface area contributed by atoms with Crippen LogP contribution in [0.5, 0.6) is 0 Å². The minimum absolute atomic E-state index is 0.136. The Morgan fingerprint density at radius 2 is 1.40 bits per heavy atom. The normalized spacial score (nSPS) is 20.9. The average molecular weight is 711 g/mol. The molecule has 292 valence electrons. The van der Waals surface area contributed by atoms with Gasteiger partial charge in [-0.15, -0.1) is 0 Å². The van der Waals surface area contributed by atoms with E-state index in [1.54, 1.807) is 12.2 Å². The maximum atomic E-state index is 12.2. The molecule has 0 amide bonds. The summed E-state index contributed by atoms with van der Waals surface area (Å²) in [6.07, 6.45) is 25.8. The van der Waals surface area contributed by atoms with Gasteiger partial charge in [0, 0.05) is 25.2 Å². The summed E-state index contributed by atoms with van der Waals surface area (Å²) in [7, 11) is 0. The van der Waals surface area contributed by atoms with E-state index in [-0.39, 0.29) is 31.3 Å². The largest absolute Gasteiger partial charge is 0.462 e. The highest BCUT2D eigenvalue weighted by Gasteiger charge is 2.35. The fourth-order valence-corrected chi connectivity index (χ4v) is 6.31. The number of unbranched alkanes of at least 4 members (excludes halogenated alkanes) is 14. The highest BCUT2D eigenvalue weighted by molar-refractivity contribution is 5.70. The fourth-order valence-electron chi connectivity index (χ4n) is 6.31. The molecule has 0 aromatic rings. The third-order valence-corrected chi connectivity index (χ3v) is 9.47. The predicted molar refractivity (Wildman–Crippen MR) is 199 cm³/mol. The minimum Gasteiger partial charge on any atom is -0.462 e. The average Bonchev–Trinajstić information content (AvgIpc) is 3.07. The Morgan fingerprint density at radius 3 is 2.02 bits per heavy atom. The van der Waals surface area contributed by atoms with E-state index >= 15 is 0 Å². The number of hydrogen-bond acceptors (Lipinski definition) is 9. The molecule has 0 saturated carbocycles. The van der Waals surface area contributed by atoms with Gasteiger partial charge in [0.25, 0.3) is 0 Å². The smallest absolute Gasteiger partial charge is 0.306 e. The van der Waals surface area contributed by atoms with Crippen molar-refractivity contribution < 1.29 is 44.2 Å². The van der Waals surface area contributed by atoms with Crippen LogP contribution in [0.25, 0.3) is 0 Å². The highest BCUT2D eigenvalue weighted by atomic mass is 16.6. The number of carbonyl (C=O) groups excluding carboxylic acids is 2. The van der Waals surface area contributed by atoms with E-state index in [4.69, 9.17) is 14.2 Å². The zero-order valence-corrected chi connectivity index (χ0v) is 31.9. The number of aliphatic hydroxyl groups excluding tert-OH is 4. The molecule has 0 aromatic heterocycles. The van der Waals surface area contributed by atoms with E-state index < -0.39 is 43.3 Å². The Morgan fingerprint density at radius 1 is 0.800 bits per heavy atom. The topological polar surface area (TPSA) is 143 Å². The van der Waals surface area contributed by atoms with E-state index in [0.717, 1.165) is 44.4 Å². The molecule has 6 atom stereocenters. The first-order chi connectivity index (χ1) is 24.2. The number of allylic oxidation sites excluding steroid dienone is 2. The van der Waals surface area contributed by atoms with Crippen LogP contribution in [0.3, 0.4) is 0 Å². The lowest BCUT2D eigenvalue weighted by atomic mass is 9.87. The second-order valence-electron chi connectivity index (χ2n) is 14.7. The predicted octanol–water partition coefficient (Wildman–Crippen LogP) is 8.25. The van der Waals surface area contributed by atoms with E-state index in [0.29, 0.717) is 32.1 Å². The van der Waals surface area contributed by atoms with Gasteiger partial charge >= 0.3 is 11.9 Å². The lowest BCUT2D eigenvalue weighted by molar-refractivity contribution is -0.199. The van der Waals surface area contributed by atoms with Crippen molar-refractivity contribution in [2.45, 2.75) is 199 Å². The van der Waals surface area contributed by atoms with Crippen LogP contribution in [0.1, 0.15) is 168 Å². The summed E-state index contributed by atoms with van der Waals surface area (Å²) in [5.41, 5.74) is 0. The monoisotopic (exact) mass is 711 g/mol. The van der Waals surface area contributed by atoms with Crippen LogP contribution in [0.2, 0.25) is 0 Å². The third kappa shape index (κ3) is 25.2. The van der Waals surface area contributed by atoms with E-state index in [1.165, 1.54) is 64.2 Å². The van der Waals surface area contributed by atoms with Crippen molar-refractivity contribution in [3.8, 4) is 0 Å². The first-order valence-corrected chi connectivity index (χ1v) is 20.1. The molecule has 1 rings (SSSR count). The van der Waals surface area contributed by atoms with Gasteiger partial charge in [0.1, 0.15) is 6.61 Å². The molecule has 9 nitrogen and oxygen atoms in total. The van der Waals surface area contributed by atoms with Crippen LogP contribution in [-0.4, -0.2) is 76.3 Å². The first kappa shape index (κ1) is 46.2. The van der Waals surface area contributed by atoms with Crippen molar-refractivity contribution in [3.63, 3.8) is 0 Å². The Hall–Kier alpha value is -1.78. The van der Waals surface area contributed by atoms with Crippen LogP contribution in [0.15, 0.2) is 24.3 Å². The molecule has 4 N–H and O–H groups in total. The Kier molecular flexibility index (Phi) is 28.5. The zero-order valence-electron chi connectivity index (χ0n) is 31.9. The Balaban J connectivity index is 2.14. The SMILES string of the molecule is CCCCC[C@H](O)/C=C/[C@H]1OC(O)C[C@H](O)[C@@H]1C/C=C\CCCC(=O)OC[C@H](CO)OC(=O)CCCCCCCCCCCCCCC(C)C. The van der Waals surface area contributed by atoms with E-state index in [1.807, 2.05) is 12.2 Å². The quantitative estimate of drug-likeness (QED) is 0.0318. The fraction of sp³-hybridized carbons (Fsp3) is 0.854. The van der Waals surface area contributed by atoms with E-state index in [2.05, 4.69) is 20.8 Å². The molecule has 0 aromatic carbocycles. The summed E-state index contributed by atoms with van der Waals surface area (Å²) >= 11 is 0. The molecular weight excluding hydrogens is 636 g/mol. The molecule has 0 bridgehead atoms. The van der Waals surface area contributed by atoms with Crippen LogP contribution < -0.4 is 0 Å². The molecule has 1 aliphatic heterocycles. The van der Waals surface area contributed by atoms with Gasteiger partial charge in [0.2, 0.25) is 0 Å². The second kappa shape index (κ2) is 30.8. The molecule has 1 aliphatic rings. The van der Waals surface area contributed by atoms with Crippen LogP contribution >= 0.6 is 0 Å². The summed E-state index contributed by atoms with van der Waals surface area (Å²) in [6, 6.07) is 0. The standard InChI is InChI=1S/C41H74O9/c1-4-5-18-24-34(43)28-29-38-36(37(44)30-41(47)50-38)25-20-16-17-21-26-39(45)48-32-35(31-42)49-40(46)27-22-15-13-11-9-7-6-8-10-12-14-19-23-33(2)3/h16,20,28-29,33-38,41-44,47H,4-15,17-19,21-27,30-32H2,1-3H3/b20-16-,29-28+/t34-,35-,36-,37-,38+,41?/m0/s1.